The van der Waals surface area contributed by atoms with Gasteiger partial charge in [0.05, 0.1) is 17.9 Å². The number of amides is 1. The number of hydrogen-bond donors (Lipinski definition) is 3. The molecule has 0 radical (unpaired) electrons. The van der Waals surface area contributed by atoms with Crippen LogP contribution >= 0.6 is 24.0 Å². The molecule has 0 aliphatic rings. The van der Waals surface area contributed by atoms with E-state index in [9.17, 15) is 9.59 Å². The van der Waals surface area contributed by atoms with Crippen LogP contribution in [0.1, 0.15) is 19.8 Å². The topological polar surface area (TPSA) is 109 Å². The molecule has 25 heavy (non-hydrogen) atoms. The van der Waals surface area contributed by atoms with E-state index in [1.165, 1.54) is 17.3 Å². The van der Waals surface area contributed by atoms with Crippen molar-refractivity contribution in [3.63, 3.8) is 0 Å². The maximum absolute atomic E-state index is 12.1. The fraction of sp³-hybridized carbons (Fsp3) is 0.333. The molecule has 2 rings (SSSR count). The number of hydrogen-bond acceptors (Lipinski definition) is 5. The molecule has 1 aromatic carbocycles. The second-order valence-electron chi connectivity index (χ2n) is 5.11. The van der Waals surface area contributed by atoms with Gasteiger partial charge in [-0.05, 0) is 24.6 Å². The molecule has 1 amide bonds. The molecule has 0 bridgehead atoms. The first-order chi connectivity index (χ1) is 11.5. The molecule has 1 atom stereocenters. The number of aromatic nitrogens is 3. The molecule has 136 valence electrons. The molecule has 0 saturated heterocycles. The van der Waals surface area contributed by atoms with Crippen molar-refractivity contribution >= 4 is 41.6 Å². The predicted octanol–water partition coefficient (Wildman–Crippen LogP) is 2.12. The quantitative estimate of drug-likeness (QED) is 0.639. The Hall–Kier alpha value is -2.16. The van der Waals surface area contributed by atoms with Crippen LogP contribution in [-0.4, -0.2) is 44.3 Å². The molecule has 1 aromatic heterocycles. The van der Waals surface area contributed by atoms with Crippen LogP contribution in [0.15, 0.2) is 30.9 Å². The van der Waals surface area contributed by atoms with E-state index in [1.54, 1.807) is 18.2 Å². The summed E-state index contributed by atoms with van der Waals surface area (Å²) in [5.41, 5.74) is 1.07. The Labute approximate surface area is 156 Å². The lowest BCUT2D eigenvalue weighted by Crippen LogP contribution is -2.41. The Kier molecular flexibility index (Phi) is 8.33. The van der Waals surface area contributed by atoms with Crippen molar-refractivity contribution in [3.05, 3.63) is 35.9 Å². The summed E-state index contributed by atoms with van der Waals surface area (Å²) in [5.74, 6) is -1.35. The third kappa shape index (κ3) is 6.00. The van der Waals surface area contributed by atoms with Gasteiger partial charge in [-0.15, -0.1) is 12.4 Å². The molecule has 3 N–H and O–H groups in total. The van der Waals surface area contributed by atoms with Crippen LogP contribution in [0.5, 0.6) is 0 Å². The van der Waals surface area contributed by atoms with Gasteiger partial charge in [0.25, 0.3) is 0 Å². The minimum atomic E-state index is -0.976. The third-order valence-corrected chi connectivity index (χ3v) is 3.52. The van der Waals surface area contributed by atoms with Crippen LogP contribution in [0.4, 0.5) is 5.69 Å². The molecule has 0 aliphatic carbocycles. The Morgan fingerprint density at radius 3 is 2.76 bits per heavy atom. The lowest BCUT2D eigenvalue weighted by molar-refractivity contribution is -0.139. The van der Waals surface area contributed by atoms with E-state index in [0.717, 1.165) is 0 Å². The zero-order valence-corrected chi connectivity index (χ0v) is 15.0. The van der Waals surface area contributed by atoms with Gasteiger partial charge in [0.1, 0.15) is 18.7 Å². The van der Waals surface area contributed by atoms with Gasteiger partial charge in [-0.2, -0.15) is 5.10 Å². The Morgan fingerprint density at radius 2 is 2.16 bits per heavy atom. The summed E-state index contributed by atoms with van der Waals surface area (Å²) in [6, 6.07) is 4.22. The van der Waals surface area contributed by atoms with Crippen molar-refractivity contribution in [1.29, 1.82) is 0 Å². The van der Waals surface area contributed by atoms with Crippen molar-refractivity contribution in [2.75, 3.05) is 11.9 Å². The highest BCUT2D eigenvalue weighted by molar-refractivity contribution is 6.31. The molecule has 1 heterocycles. The molecule has 0 saturated carbocycles. The molecule has 0 aliphatic heterocycles. The molecule has 0 fully saturated rings. The smallest absolute Gasteiger partial charge is 0.320 e. The molecule has 1 unspecified atom stereocenters. The first kappa shape index (κ1) is 20.9. The molecule has 10 heteroatoms. The first-order valence-corrected chi connectivity index (χ1v) is 7.79. The van der Waals surface area contributed by atoms with Gasteiger partial charge in [-0.25, -0.2) is 9.67 Å². The largest absolute Gasteiger partial charge is 0.480 e. The van der Waals surface area contributed by atoms with Crippen molar-refractivity contribution < 1.29 is 14.7 Å². The van der Waals surface area contributed by atoms with Crippen LogP contribution in [-0.2, 0) is 9.59 Å². The average Bonchev–Trinajstić information content (AvgIpc) is 3.05. The number of rotatable bonds is 8. The Morgan fingerprint density at radius 1 is 1.40 bits per heavy atom. The van der Waals surface area contributed by atoms with Crippen molar-refractivity contribution in [1.82, 2.24) is 20.1 Å². The summed E-state index contributed by atoms with van der Waals surface area (Å²) in [5, 5.41) is 19.0. The van der Waals surface area contributed by atoms with Gasteiger partial charge in [0.2, 0.25) is 5.91 Å². The van der Waals surface area contributed by atoms with E-state index >= 15 is 0 Å². The lowest BCUT2D eigenvalue weighted by atomic mass is 10.1. The molecular weight excluding hydrogens is 369 g/mol. The van der Waals surface area contributed by atoms with E-state index in [0.29, 0.717) is 29.2 Å². The zero-order chi connectivity index (χ0) is 17.5. The van der Waals surface area contributed by atoms with E-state index in [-0.39, 0.29) is 24.9 Å². The van der Waals surface area contributed by atoms with Gasteiger partial charge in [-0.1, -0.05) is 24.9 Å². The number of nitrogens with one attached hydrogen (secondary N) is 2. The number of anilines is 1. The van der Waals surface area contributed by atoms with E-state index in [1.807, 2.05) is 6.92 Å². The van der Waals surface area contributed by atoms with Crippen LogP contribution in [0.3, 0.4) is 0 Å². The Balaban J connectivity index is 0.00000312. The number of nitrogens with zero attached hydrogens (tertiary/aromatic N) is 3. The summed E-state index contributed by atoms with van der Waals surface area (Å²) in [6.07, 6.45) is 4.03. The summed E-state index contributed by atoms with van der Waals surface area (Å²) in [4.78, 5) is 27.1. The number of aliphatic carboxylic acids is 1. The van der Waals surface area contributed by atoms with Crippen molar-refractivity contribution in [2.24, 2.45) is 0 Å². The minimum absolute atomic E-state index is 0. The van der Waals surface area contributed by atoms with Gasteiger partial charge < -0.3 is 10.4 Å². The van der Waals surface area contributed by atoms with E-state index in [4.69, 9.17) is 16.7 Å². The number of carboxylic acids is 1. The molecular formula is C15H19Cl2N5O3. The normalized spacial score (nSPS) is 11.4. The third-order valence-electron chi connectivity index (χ3n) is 3.28. The summed E-state index contributed by atoms with van der Waals surface area (Å²) in [7, 11) is 0. The minimum Gasteiger partial charge on any atom is -0.480 e. The van der Waals surface area contributed by atoms with Crippen LogP contribution < -0.4 is 10.6 Å². The molecule has 8 nitrogen and oxygen atoms in total. The standard InChI is InChI=1S/C15H18ClN5O3.ClH/c1-2-3-11(15(23)24)18-7-14(22)20-12-6-10(16)4-5-13(12)21-9-17-8-19-21;/h4-6,8-9,11,18H,2-3,7H2,1H3,(H,20,22)(H,23,24);1H. The summed E-state index contributed by atoms with van der Waals surface area (Å²) in [6.45, 7) is 1.76. The second-order valence-corrected chi connectivity index (χ2v) is 5.55. The van der Waals surface area contributed by atoms with Crippen molar-refractivity contribution in [3.8, 4) is 5.69 Å². The van der Waals surface area contributed by atoms with E-state index < -0.39 is 12.0 Å². The SMILES string of the molecule is CCCC(NCC(=O)Nc1cc(Cl)ccc1-n1cncn1)C(=O)O.Cl. The fourth-order valence-electron chi connectivity index (χ4n) is 2.15. The highest BCUT2D eigenvalue weighted by Crippen LogP contribution is 2.23. The maximum atomic E-state index is 12.1. The van der Waals surface area contributed by atoms with Crippen LogP contribution in [0.25, 0.3) is 5.69 Å². The van der Waals surface area contributed by atoms with Crippen molar-refractivity contribution in [2.45, 2.75) is 25.8 Å². The highest BCUT2D eigenvalue weighted by Gasteiger charge is 2.17. The van der Waals surface area contributed by atoms with Gasteiger partial charge in [0.15, 0.2) is 0 Å². The molecule has 0 spiro atoms. The molecule has 2 aromatic rings. The number of carbonyl (C=O) groups is 2. The zero-order valence-electron chi connectivity index (χ0n) is 13.5. The fourth-order valence-corrected chi connectivity index (χ4v) is 2.32. The van der Waals surface area contributed by atoms with Gasteiger partial charge >= 0.3 is 5.97 Å². The summed E-state index contributed by atoms with van der Waals surface area (Å²) >= 11 is 5.98. The van der Waals surface area contributed by atoms with Crippen LogP contribution in [0, 0.1) is 0 Å². The second kappa shape index (κ2) is 9.97. The number of halogens is 2. The summed E-state index contributed by atoms with van der Waals surface area (Å²) < 4.78 is 1.50. The Bertz CT molecular complexity index is 709. The monoisotopic (exact) mass is 387 g/mol. The van der Waals surface area contributed by atoms with E-state index in [2.05, 4.69) is 20.7 Å². The number of carboxylic acid groups (broad SMARTS) is 1. The number of benzene rings is 1. The van der Waals surface area contributed by atoms with Crippen LogP contribution in [0.2, 0.25) is 5.02 Å². The first-order valence-electron chi connectivity index (χ1n) is 7.42. The number of carbonyl (C=O) groups excluding carboxylic acids is 1. The van der Waals surface area contributed by atoms with Gasteiger partial charge in [-0.3, -0.25) is 14.9 Å². The van der Waals surface area contributed by atoms with Gasteiger partial charge in [0, 0.05) is 5.02 Å². The highest BCUT2D eigenvalue weighted by atomic mass is 35.5. The predicted molar refractivity (Wildman–Crippen MR) is 96.6 cm³/mol. The maximum Gasteiger partial charge on any atom is 0.320 e. The lowest BCUT2D eigenvalue weighted by Gasteiger charge is -2.15. The average molecular weight is 388 g/mol.